The minimum Gasteiger partial charge on any atom is -0.449 e. The number of ether oxygens (including phenoxy) is 1. The summed E-state index contributed by atoms with van der Waals surface area (Å²) in [6.07, 6.45) is -1.17. The monoisotopic (exact) mass is 451 g/mol. The molecule has 0 aliphatic rings. The minimum atomic E-state index is -1.17. The van der Waals surface area contributed by atoms with Crippen molar-refractivity contribution in [1.82, 2.24) is 0 Å². The van der Waals surface area contributed by atoms with Crippen LogP contribution < -0.4 is 16.0 Å². The maximum absolute atomic E-state index is 12.5. The fourth-order valence-corrected chi connectivity index (χ4v) is 2.74. The zero-order valence-corrected chi connectivity index (χ0v) is 17.9. The number of nitrogens with one attached hydrogen (secondary N) is 3. The molecule has 2 aromatic carbocycles. The number of amides is 3. The van der Waals surface area contributed by atoms with Crippen LogP contribution >= 0.6 is 23.2 Å². The van der Waals surface area contributed by atoms with Gasteiger partial charge in [-0.15, -0.1) is 0 Å². The Balaban J connectivity index is 2.16. The molecule has 158 valence electrons. The third kappa shape index (κ3) is 6.75. The van der Waals surface area contributed by atoms with Gasteiger partial charge in [-0.2, -0.15) is 0 Å². The Hall–Kier alpha value is -3.10. The number of hydrogen-bond acceptors (Lipinski definition) is 5. The Morgan fingerprint density at radius 1 is 0.867 bits per heavy atom. The molecule has 8 nitrogen and oxygen atoms in total. The predicted molar refractivity (Wildman–Crippen MR) is 115 cm³/mol. The first-order valence-electron chi connectivity index (χ1n) is 8.72. The molecule has 0 aliphatic carbocycles. The van der Waals surface area contributed by atoms with E-state index in [0.717, 1.165) is 0 Å². The van der Waals surface area contributed by atoms with E-state index in [1.54, 1.807) is 6.07 Å². The van der Waals surface area contributed by atoms with Gasteiger partial charge in [-0.1, -0.05) is 23.2 Å². The van der Waals surface area contributed by atoms with E-state index in [0.29, 0.717) is 5.02 Å². The van der Waals surface area contributed by atoms with Gasteiger partial charge >= 0.3 is 5.97 Å². The summed E-state index contributed by atoms with van der Waals surface area (Å²) in [4.78, 5) is 47.6. The van der Waals surface area contributed by atoms with E-state index in [1.807, 2.05) is 0 Å². The average Bonchev–Trinajstić information content (AvgIpc) is 2.63. The first-order chi connectivity index (χ1) is 14.0. The maximum atomic E-state index is 12.5. The number of halogens is 2. The van der Waals surface area contributed by atoms with Crippen LogP contribution in [-0.2, 0) is 19.1 Å². The lowest BCUT2D eigenvalue weighted by Gasteiger charge is -2.15. The molecule has 0 bridgehead atoms. The number of benzene rings is 2. The third-order valence-corrected chi connectivity index (χ3v) is 4.21. The molecule has 3 N–H and O–H groups in total. The van der Waals surface area contributed by atoms with E-state index in [4.69, 9.17) is 27.9 Å². The Kier molecular flexibility index (Phi) is 7.79. The summed E-state index contributed by atoms with van der Waals surface area (Å²) in [6, 6.07) is 8.77. The number of rotatable bonds is 6. The lowest BCUT2D eigenvalue weighted by Crippen LogP contribution is -2.30. The number of esters is 1. The van der Waals surface area contributed by atoms with Crippen LogP contribution in [0.2, 0.25) is 10.0 Å². The molecule has 1 unspecified atom stereocenters. The van der Waals surface area contributed by atoms with Gasteiger partial charge in [0.15, 0.2) is 6.10 Å². The highest BCUT2D eigenvalue weighted by molar-refractivity contribution is 6.35. The lowest BCUT2D eigenvalue weighted by atomic mass is 10.1. The highest BCUT2D eigenvalue weighted by Crippen LogP contribution is 2.26. The molecule has 2 aromatic rings. The zero-order valence-electron chi connectivity index (χ0n) is 16.3. The molecular formula is C20H19Cl2N3O5. The van der Waals surface area contributed by atoms with Crippen LogP contribution in [0.5, 0.6) is 0 Å². The fraction of sp³-hybridized carbons (Fsp3) is 0.200. The Bertz CT molecular complexity index is 976. The van der Waals surface area contributed by atoms with Crippen LogP contribution in [0, 0.1) is 0 Å². The Morgan fingerprint density at radius 3 is 1.97 bits per heavy atom. The van der Waals surface area contributed by atoms with E-state index in [1.165, 1.54) is 51.1 Å². The van der Waals surface area contributed by atoms with Gasteiger partial charge in [0.05, 0.1) is 16.3 Å². The van der Waals surface area contributed by atoms with Gasteiger partial charge in [0, 0.05) is 30.2 Å². The summed E-state index contributed by atoms with van der Waals surface area (Å²) in [6.45, 7) is 3.99. The highest BCUT2D eigenvalue weighted by atomic mass is 35.5. The van der Waals surface area contributed by atoms with Crippen molar-refractivity contribution in [1.29, 1.82) is 0 Å². The predicted octanol–water partition coefficient (Wildman–Crippen LogP) is 4.09. The van der Waals surface area contributed by atoms with Crippen molar-refractivity contribution in [3.05, 3.63) is 52.0 Å². The van der Waals surface area contributed by atoms with E-state index in [2.05, 4.69) is 16.0 Å². The van der Waals surface area contributed by atoms with Crippen LogP contribution in [0.3, 0.4) is 0 Å². The van der Waals surface area contributed by atoms with Gasteiger partial charge in [0.1, 0.15) is 0 Å². The molecule has 3 amide bonds. The molecule has 0 fully saturated rings. The topological polar surface area (TPSA) is 114 Å². The summed E-state index contributed by atoms with van der Waals surface area (Å²) >= 11 is 11.9. The largest absolute Gasteiger partial charge is 0.449 e. The third-order valence-electron chi connectivity index (χ3n) is 3.65. The maximum Gasteiger partial charge on any atom is 0.339 e. The van der Waals surface area contributed by atoms with Crippen LogP contribution in [0.4, 0.5) is 17.1 Å². The van der Waals surface area contributed by atoms with Gasteiger partial charge in [-0.05, 0) is 43.3 Å². The van der Waals surface area contributed by atoms with Crippen molar-refractivity contribution in [2.45, 2.75) is 26.9 Å². The van der Waals surface area contributed by atoms with Gasteiger partial charge in [0.25, 0.3) is 5.91 Å². The van der Waals surface area contributed by atoms with Gasteiger partial charge in [0.2, 0.25) is 11.8 Å². The SMILES string of the molecule is CC(=O)Nc1cc(NC(C)=O)cc(C(=O)OC(C)C(=O)Nc2cc(Cl)ccc2Cl)c1. The second-order valence-corrected chi connectivity index (χ2v) is 7.17. The van der Waals surface area contributed by atoms with E-state index >= 15 is 0 Å². The number of hydrogen-bond donors (Lipinski definition) is 3. The summed E-state index contributed by atoms with van der Waals surface area (Å²) in [5.41, 5.74) is 0.870. The molecule has 0 aromatic heterocycles. The molecule has 0 radical (unpaired) electrons. The average molecular weight is 452 g/mol. The highest BCUT2D eigenvalue weighted by Gasteiger charge is 2.21. The molecule has 0 heterocycles. The van der Waals surface area contributed by atoms with Crippen LogP contribution in [0.1, 0.15) is 31.1 Å². The number of carbonyl (C=O) groups excluding carboxylic acids is 4. The first-order valence-corrected chi connectivity index (χ1v) is 9.48. The summed E-state index contributed by atoms with van der Waals surface area (Å²) in [5.74, 6) is -2.16. The Morgan fingerprint density at radius 2 is 1.43 bits per heavy atom. The van der Waals surface area contributed by atoms with Crippen molar-refractivity contribution >= 4 is 64.0 Å². The molecule has 0 saturated heterocycles. The van der Waals surface area contributed by atoms with Crippen molar-refractivity contribution in [2.75, 3.05) is 16.0 Å². The summed E-state index contributed by atoms with van der Waals surface area (Å²) < 4.78 is 5.21. The van der Waals surface area contributed by atoms with Crippen molar-refractivity contribution in [2.24, 2.45) is 0 Å². The molecule has 0 spiro atoms. The van der Waals surface area contributed by atoms with Crippen molar-refractivity contribution < 1.29 is 23.9 Å². The molecule has 10 heteroatoms. The second kappa shape index (κ2) is 10.1. The molecule has 0 aliphatic heterocycles. The fourth-order valence-electron chi connectivity index (χ4n) is 2.41. The van der Waals surface area contributed by atoms with Gasteiger partial charge < -0.3 is 20.7 Å². The van der Waals surface area contributed by atoms with Crippen LogP contribution in [0.15, 0.2) is 36.4 Å². The normalized spacial score (nSPS) is 11.2. The van der Waals surface area contributed by atoms with Crippen molar-refractivity contribution in [3.63, 3.8) is 0 Å². The molecule has 1 atom stereocenters. The van der Waals surface area contributed by atoms with Crippen molar-refractivity contribution in [3.8, 4) is 0 Å². The molecule has 0 saturated carbocycles. The quantitative estimate of drug-likeness (QED) is 0.572. The molecule has 30 heavy (non-hydrogen) atoms. The smallest absolute Gasteiger partial charge is 0.339 e. The summed E-state index contributed by atoms with van der Waals surface area (Å²) in [7, 11) is 0. The standard InChI is InChI=1S/C20H19Cl2N3O5/c1-10(19(28)25-18-8-14(21)4-5-17(18)22)30-20(29)13-6-15(23-11(2)26)9-16(7-13)24-12(3)27/h4-10H,1-3H3,(H,23,26)(H,24,27)(H,25,28). The van der Waals surface area contributed by atoms with Gasteiger partial charge in [-0.25, -0.2) is 4.79 Å². The number of anilines is 3. The van der Waals surface area contributed by atoms with E-state index < -0.39 is 18.0 Å². The Labute approximate surface area is 182 Å². The lowest BCUT2D eigenvalue weighted by molar-refractivity contribution is -0.123. The van der Waals surface area contributed by atoms with Crippen LogP contribution in [0.25, 0.3) is 0 Å². The number of carbonyl (C=O) groups is 4. The van der Waals surface area contributed by atoms with Gasteiger partial charge in [-0.3, -0.25) is 14.4 Å². The summed E-state index contributed by atoms with van der Waals surface area (Å²) in [5, 5.41) is 8.24. The minimum absolute atomic E-state index is 0.0328. The zero-order chi connectivity index (χ0) is 22.4. The first kappa shape index (κ1) is 23.2. The van der Waals surface area contributed by atoms with E-state index in [9.17, 15) is 19.2 Å². The second-order valence-electron chi connectivity index (χ2n) is 6.32. The van der Waals surface area contributed by atoms with Crippen LogP contribution in [-0.4, -0.2) is 29.8 Å². The molecule has 2 rings (SSSR count). The molecular weight excluding hydrogens is 433 g/mol. The van der Waals surface area contributed by atoms with E-state index in [-0.39, 0.29) is 39.5 Å².